The number of carbonyl (C=O) groups is 1. The van der Waals surface area contributed by atoms with Crippen molar-refractivity contribution in [2.75, 3.05) is 39.2 Å². The van der Waals surface area contributed by atoms with E-state index < -0.39 is 0 Å². The van der Waals surface area contributed by atoms with Crippen LogP contribution in [0.4, 0.5) is 5.69 Å². The van der Waals surface area contributed by atoms with Crippen LogP contribution in [0.3, 0.4) is 0 Å². The maximum Gasteiger partial charge on any atom is 0.262 e. The first-order valence-electron chi connectivity index (χ1n) is 5.99. The Kier molecular flexibility index (Phi) is 4.04. The number of hydrogen-bond donors (Lipinski definition) is 1. The number of anilines is 1. The molecule has 0 spiro atoms. The lowest BCUT2D eigenvalue weighted by atomic mass is 10.2. The number of rotatable bonds is 5. The van der Waals surface area contributed by atoms with Gasteiger partial charge in [0.25, 0.3) is 5.91 Å². The second kappa shape index (κ2) is 5.73. The molecule has 2 rings (SSSR count). The lowest BCUT2D eigenvalue weighted by Crippen LogP contribution is -2.25. The molecule has 1 amide bonds. The summed E-state index contributed by atoms with van der Waals surface area (Å²) in [7, 11) is 4.07. The molecule has 0 atom stereocenters. The summed E-state index contributed by atoms with van der Waals surface area (Å²) >= 11 is 0. The molecule has 1 aromatic rings. The van der Waals surface area contributed by atoms with Crippen molar-refractivity contribution < 1.29 is 14.3 Å². The Morgan fingerprint density at radius 3 is 3.06 bits per heavy atom. The van der Waals surface area contributed by atoms with Gasteiger partial charge in [-0.3, -0.25) is 4.79 Å². The van der Waals surface area contributed by atoms with Gasteiger partial charge in [-0.15, -0.1) is 0 Å². The van der Waals surface area contributed by atoms with Gasteiger partial charge in [-0.1, -0.05) is 0 Å². The molecule has 0 fully saturated rings. The van der Waals surface area contributed by atoms with E-state index in [1.165, 1.54) is 0 Å². The summed E-state index contributed by atoms with van der Waals surface area (Å²) in [5.41, 5.74) is 0.677. The van der Waals surface area contributed by atoms with E-state index in [1.54, 1.807) is 6.07 Å². The maximum atomic E-state index is 11.2. The van der Waals surface area contributed by atoms with Crippen LogP contribution in [-0.2, 0) is 4.79 Å². The molecule has 1 aromatic carbocycles. The molecule has 0 saturated carbocycles. The Morgan fingerprint density at radius 2 is 2.28 bits per heavy atom. The number of hydrogen-bond acceptors (Lipinski definition) is 4. The molecule has 1 aliphatic heterocycles. The molecular formula is C13H18N2O3. The largest absolute Gasteiger partial charge is 0.493 e. The highest BCUT2D eigenvalue weighted by Crippen LogP contribution is 2.31. The summed E-state index contributed by atoms with van der Waals surface area (Å²) in [6, 6.07) is 5.46. The SMILES string of the molecule is CN(C)CCCOc1ccc2c(c1)NC(=O)CO2. The molecule has 0 aliphatic carbocycles. The molecule has 1 N–H and O–H groups in total. The molecular weight excluding hydrogens is 232 g/mol. The van der Waals surface area contributed by atoms with Crippen molar-refractivity contribution in [3.8, 4) is 11.5 Å². The summed E-state index contributed by atoms with van der Waals surface area (Å²) in [6.07, 6.45) is 0.965. The molecule has 0 unspecified atom stereocenters. The summed E-state index contributed by atoms with van der Waals surface area (Å²) in [6.45, 7) is 1.73. The molecule has 1 heterocycles. The number of nitrogens with zero attached hydrogens (tertiary/aromatic N) is 1. The van der Waals surface area contributed by atoms with Gasteiger partial charge in [0.2, 0.25) is 0 Å². The molecule has 18 heavy (non-hydrogen) atoms. The van der Waals surface area contributed by atoms with Crippen LogP contribution in [0.5, 0.6) is 11.5 Å². The maximum absolute atomic E-state index is 11.2. The first-order valence-corrected chi connectivity index (χ1v) is 5.99. The second-order valence-electron chi connectivity index (χ2n) is 4.50. The van der Waals surface area contributed by atoms with Gasteiger partial charge in [-0.25, -0.2) is 0 Å². The standard InChI is InChI=1S/C13H18N2O3/c1-15(2)6-3-7-17-10-4-5-12-11(8-10)14-13(16)9-18-12/h4-5,8H,3,6-7,9H2,1-2H3,(H,14,16). The van der Waals surface area contributed by atoms with Gasteiger partial charge in [0.15, 0.2) is 6.61 Å². The van der Waals surface area contributed by atoms with Crippen molar-refractivity contribution >= 4 is 11.6 Å². The fraction of sp³-hybridized carbons (Fsp3) is 0.462. The van der Waals surface area contributed by atoms with Gasteiger partial charge in [0.05, 0.1) is 12.3 Å². The van der Waals surface area contributed by atoms with E-state index in [0.717, 1.165) is 18.7 Å². The number of ether oxygens (including phenoxy) is 2. The minimum absolute atomic E-state index is 0.0794. The number of carbonyl (C=O) groups excluding carboxylic acids is 1. The Morgan fingerprint density at radius 1 is 1.44 bits per heavy atom. The smallest absolute Gasteiger partial charge is 0.262 e. The van der Waals surface area contributed by atoms with Crippen molar-refractivity contribution in [3.05, 3.63) is 18.2 Å². The topological polar surface area (TPSA) is 50.8 Å². The number of fused-ring (bicyclic) bond motifs is 1. The van der Waals surface area contributed by atoms with Crippen molar-refractivity contribution in [2.24, 2.45) is 0 Å². The van der Waals surface area contributed by atoms with Crippen molar-refractivity contribution in [1.29, 1.82) is 0 Å². The normalized spacial score (nSPS) is 13.8. The second-order valence-corrected chi connectivity index (χ2v) is 4.50. The van der Waals surface area contributed by atoms with Crippen LogP contribution in [0.1, 0.15) is 6.42 Å². The van der Waals surface area contributed by atoms with Crippen LogP contribution in [0.25, 0.3) is 0 Å². The number of benzene rings is 1. The van der Waals surface area contributed by atoms with Crippen molar-refractivity contribution in [1.82, 2.24) is 4.90 Å². The predicted octanol–water partition coefficient (Wildman–Crippen LogP) is 1.35. The van der Waals surface area contributed by atoms with E-state index in [0.29, 0.717) is 18.0 Å². The fourth-order valence-corrected chi connectivity index (χ4v) is 1.72. The molecule has 0 bridgehead atoms. The zero-order valence-corrected chi connectivity index (χ0v) is 10.7. The lowest BCUT2D eigenvalue weighted by Gasteiger charge is -2.18. The molecule has 5 heteroatoms. The fourth-order valence-electron chi connectivity index (χ4n) is 1.72. The summed E-state index contributed by atoms with van der Waals surface area (Å²) < 4.78 is 10.9. The van der Waals surface area contributed by atoms with Crippen LogP contribution in [0.15, 0.2) is 18.2 Å². The van der Waals surface area contributed by atoms with Gasteiger partial charge in [-0.2, -0.15) is 0 Å². The first-order chi connectivity index (χ1) is 8.65. The van der Waals surface area contributed by atoms with E-state index in [1.807, 2.05) is 26.2 Å². The lowest BCUT2D eigenvalue weighted by molar-refractivity contribution is -0.118. The predicted molar refractivity (Wildman–Crippen MR) is 69.2 cm³/mol. The summed E-state index contributed by atoms with van der Waals surface area (Å²) in [4.78, 5) is 13.3. The van der Waals surface area contributed by atoms with E-state index in [-0.39, 0.29) is 12.5 Å². The van der Waals surface area contributed by atoms with E-state index in [4.69, 9.17) is 9.47 Å². The number of amides is 1. The minimum atomic E-state index is -0.132. The highest BCUT2D eigenvalue weighted by atomic mass is 16.5. The van der Waals surface area contributed by atoms with Gasteiger partial charge < -0.3 is 19.7 Å². The van der Waals surface area contributed by atoms with Crippen LogP contribution in [0, 0.1) is 0 Å². The highest BCUT2D eigenvalue weighted by Gasteiger charge is 2.16. The third-order valence-electron chi connectivity index (χ3n) is 2.60. The van der Waals surface area contributed by atoms with Crippen LogP contribution in [-0.4, -0.2) is 44.7 Å². The van der Waals surface area contributed by atoms with Crippen LogP contribution >= 0.6 is 0 Å². The van der Waals surface area contributed by atoms with Crippen molar-refractivity contribution in [3.63, 3.8) is 0 Å². The number of nitrogens with one attached hydrogen (secondary N) is 1. The van der Waals surface area contributed by atoms with E-state index >= 15 is 0 Å². The monoisotopic (exact) mass is 250 g/mol. The summed E-state index contributed by atoms with van der Waals surface area (Å²) in [5, 5.41) is 2.76. The van der Waals surface area contributed by atoms with Crippen LogP contribution < -0.4 is 14.8 Å². The third kappa shape index (κ3) is 3.37. The average molecular weight is 250 g/mol. The zero-order valence-electron chi connectivity index (χ0n) is 10.7. The molecule has 0 saturated heterocycles. The molecule has 98 valence electrons. The average Bonchev–Trinajstić information content (AvgIpc) is 2.34. The third-order valence-corrected chi connectivity index (χ3v) is 2.60. The van der Waals surface area contributed by atoms with Gasteiger partial charge >= 0.3 is 0 Å². The quantitative estimate of drug-likeness (QED) is 0.801. The molecule has 1 aliphatic rings. The van der Waals surface area contributed by atoms with E-state index in [9.17, 15) is 4.79 Å². The van der Waals surface area contributed by atoms with Gasteiger partial charge in [0, 0.05) is 12.6 Å². The molecule has 0 radical (unpaired) electrons. The Bertz CT molecular complexity index is 432. The Balaban J connectivity index is 1.90. The van der Waals surface area contributed by atoms with Gasteiger partial charge in [0.1, 0.15) is 11.5 Å². The van der Waals surface area contributed by atoms with Gasteiger partial charge in [-0.05, 0) is 32.6 Å². The summed E-state index contributed by atoms with van der Waals surface area (Å²) in [5.74, 6) is 1.31. The van der Waals surface area contributed by atoms with Crippen LogP contribution in [0.2, 0.25) is 0 Å². The highest BCUT2D eigenvalue weighted by molar-refractivity contribution is 5.95. The zero-order chi connectivity index (χ0) is 13.0. The minimum Gasteiger partial charge on any atom is -0.493 e. The Labute approximate surface area is 107 Å². The van der Waals surface area contributed by atoms with Crippen molar-refractivity contribution in [2.45, 2.75) is 6.42 Å². The molecule has 5 nitrogen and oxygen atoms in total. The molecule has 0 aromatic heterocycles. The first kappa shape index (κ1) is 12.7. The Hall–Kier alpha value is -1.75. The van der Waals surface area contributed by atoms with E-state index in [2.05, 4.69) is 10.2 Å².